The molecule has 96 valence electrons. The summed E-state index contributed by atoms with van der Waals surface area (Å²) in [7, 11) is 0. The average Bonchev–Trinajstić information content (AvgIpc) is 2.77. The molecule has 1 atom stereocenters. The highest BCUT2D eigenvalue weighted by molar-refractivity contribution is 6.28. The Morgan fingerprint density at radius 2 is 2.11 bits per heavy atom. The molecule has 0 spiro atoms. The summed E-state index contributed by atoms with van der Waals surface area (Å²) in [4.78, 5) is 0. The summed E-state index contributed by atoms with van der Waals surface area (Å²) >= 11 is 5.68. The zero-order valence-corrected chi connectivity index (χ0v) is 10.3. The standard InChI is InChI=1S/C13H13ClO4/c14-13-5-4-12(18-13)9(7-15)8-17-11-3-1-2-10(16)6-11/h1-6,9,15-16H,7-8H2. The quantitative estimate of drug-likeness (QED) is 0.875. The average molecular weight is 269 g/mol. The van der Waals surface area contributed by atoms with Crippen molar-refractivity contribution in [1.82, 2.24) is 0 Å². The molecule has 1 heterocycles. The molecule has 5 heteroatoms. The molecule has 2 rings (SSSR count). The molecule has 0 aliphatic heterocycles. The lowest BCUT2D eigenvalue weighted by Gasteiger charge is -2.13. The van der Waals surface area contributed by atoms with Crippen LogP contribution in [0.4, 0.5) is 0 Å². The smallest absolute Gasteiger partial charge is 0.193 e. The molecule has 0 radical (unpaired) electrons. The van der Waals surface area contributed by atoms with Crippen molar-refractivity contribution >= 4 is 11.6 Å². The van der Waals surface area contributed by atoms with Crippen molar-refractivity contribution in [2.45, 2.75) is 5.92 Å². The lowest BCUT2D eigenvalue weighted by molar-refractivity contribution is 0.190. The van der Waals surface area contributed by atoms with Gasteiger partial charge < -0.3 is 19.4 Å². The maximum Gasteiger partial charge on any atom is 0.193 e. The van der Waals surface area contributed by atoms with Gasteiger partial charge in [0.05, 0.1) is 12.5 Å². The molecule has 2 aromatic rings. The van der Waals surface area contributed by atoms with E-state index in [1.807, 2.05) is 0 Å². The highest BCUT2D eigenvalue weighted by Crippen LogP contribution is 2.24. The van der Waals surface area contributed by atoms with E-state index in [1.54, 1.807) is 30.3 Å². The highest BCUT2D eigenvalue weighted by atomic mass is 35.5. The van der Waals surface area contributed by atoms with Crippen molar-refractivity contribution in [3.05, 3.63) is 47.4 Å². The fraction of sp³-hybridized carbons (Fsp3) is 0.231. The van der Waals surface area contributed by atoms with Gasteiger partial charge in [0.25, 0.3) is 0 Å². The van der Waals surface area contributed by atoms with Gasteiger partial charge in [-0.25, -0.2) is 0 Å². The molecule has 0 amide bonds. The van der Waals surface area contributed by atoms with Crippen LogP contribution in [0.5, 0.6) is 11.5 Å². The lowest BCUT2D eigenvalue weighted by Crippen LogP contribution is -2.13. The molecular weight excluding hydrogens is 256 g/mol. The van der Waals surface area contributed by atoms with Crippen LogP contribution >= 0.6 is 11.6 Å². The van der Waals surface area contributed by atoms with Crippen LogP contribution < -0.4 is 4.74 Å². The van der Waals surface area contributed by atoms with Gasteiger partial charge in [0.2, 0.25) is 0 Å². The van der Waals surface area contributed by atoms with Crippen molar-refractivity contribution in [3.8, 4) is 11.5 Å². The number of furan rings is 1. The van der Waals surface area contributed by atoms with Crippen molar-refractivity contribution in [1.29, 1.82) is 0 Å². The fourth-order valence-corrected chi connectivity index (χ4v) is 1.69. The Bertz CT molecular complexity index is 509. The highest BCUT2D eigenvalue weighted by Gasteiger charge is 2.15. The number of hydrogen-bond acceptors (Lipinski definition) is 4. The second kappa shape index (κ2) is 5.80. The molecule has 1 aromatic carbocycles. The lowest BCUT2D eigenvalue weighted by atomic mass is 10.1. The Balaban J connectivity index is 1.99. The van der Waals surface area contributed by atoms with Crippen LogP contribution in [0.2, 0.25) is 5.22 Å². The predicted molar refractivity (Wildman–Crippen MR) is 67.1 cm³/mol. The molecule has 0 saturated carbocycles. The number of aliphatic hydroxyl groups is 1. The minimum absolute atomic E-state index is 0.108. The molecular formula is C13H13ClO4. The van der Waals surface area contributed by atoms with Gasteiger partial charge in [-0.1, -0.05) is 6.07 Å². The summed E-state index contributed by atoms with van der Waals surface area (Å²) in [6.45, 7) is 0.131. The first-order valence-electron chi connectivity index (χ1n) is 5.47. The summed E-state index contributed by atoms with van der Waals surface area (Å²) in [5.41, 5.74) is 0. The summed E-state index contributed by atoms with van der Waals surface area (Å²) in [6.07, 6.45) is 0. The van der Waals surface area contributed by atoms with E-state index in [0.717, 1.165) is 0 Å². The predicted octanol–water partition coefficient (Wildman–Crippen LogP) is 2.79. The van der Waals surface area contributed by atoms with Crippen LogP contribution in [0.15, 0.2) is 40.8 Å². The third-order valence-electron chi connectivity index (χ3n) is 2.49. The molecule has 1 aromatic heterocycles. The minimum atomic E-state index is -0.292. The van der Waals surface area contributed by atoms with E-state index in [2.05, 4.69) is 0 Å². The summed E-state index contributed by atoms with van der Waals surface area (Å²) in [5, 5.41) is 18.9. The molecule has 4 nitrogen and oxygen atoms in total. The van der Waals surface area contributed by atoms with Crippen LogP contribution in [-0.2, 0) is 0 Å². The normalized spacial score (nSPS) is 12.3. The van der Waals surface area contributed by atoms with Crippen LogP contribution in [0.1, 0.15) is 11.7 Å². The Labute approximate surface area is 109 Å². The van der Waals surface area contributed by atoms with Crippen molar-refractivity contribution < 1.29 is 19.4 Å². The first kappa shape index (κ1) is 12.8. The minimum Gasteiger partial charge on any atom is -0.508 e. The fourth-order valence-electron chi connectivity index (χ4n) is 1.54. The van der Waals surface area contributed by atoms with Crippen molar-refractivity contribution in [3.63, 3.8) is 0 Å². The molecule has 0 fully saturated rings. The maximum absolute atomic E-state index is 9.29. The van der Waals surface area contributed by atoms with Gasteiger partial charge in [0.15, 0.2) is 5.22 Å². The van der Waals surface area contributed by atoms with Gasteiger partial charge in [-0.05, 0) is 35.9 Å². The van der Waals surface area contributed by atoms with Gasteiger partial charge in [0, 0.05) is 6.07 Å². The zero-order valence-electron chi connectivity index (χ0n) is 9.54. The van der Waals surface area contributed by atoms with E-state index < -0.39 is 0 Å². The summed E-state index contributed by atoms with van der Waals surface area (Å²) in [6, 6.07) is 9.79. The number of rotatable bonds is 5. The van der Waals surface area contributed by atoms with E-state index in [-0.39, 0.29) is 30.1 Å². The van der Waals surface area contributed by atoms with E-state index >= 15 is 0 Å². The Morgan fingerprint density at radius 3 is 2.72 bits per heavy atom. The van der Waals surface area contributed by atoms with E-state index in [4.69, 9.17) is 20.8 Å². The second-order valence-electron chi connectivity index (χ2n) is 3.83. The number of phenols is 1. The van der Waals surface area contributed by atoms with Crippen LogP contribution in [0.25, 0.3) is 0 Å². The molecule has 2 N–H and O–H groups in total. The van der Waals surface area contributed by atoms with Gasteiger partial charge in [-0.2, -0.15) is 0 Å². The number of halogens is 1. The van der Waals surface area contributed by atoms with E-state index in [0.29, 0.717) is 11.5 Å². The van der Waals surface area contributed by atoms with Gasteiger partial charge >= 0.3 is 0 Å². The first-order valence-corrected chi connectivity index (χ1v) is 5.85. The monoisotopic (exact) mass is 268 g/mol. The van der Waals surface area contributed by atoms with Crippen LogP contribution in [0.3, 0.4) is 0 Å². The van der Waals surface area contributed by atoms with Crippen molar-refractivity contribution in [2.24, 2.45) is 0 Å². The Hall–Kier alpha value is -1.65. The van der Waals surface area contributed by atoms with Crippen molar-refractivity contribution in [2.75, 3.05) is 13.2 Å². The zero-order chi connectivity index (χ0) is 13.0. The molecule has 0 saturated heterocycles. The molecule has 0 aliphatic rings. The number of phenolic OH excluding ortho intramolecular Hbond substituents is 1. The van der Waals surface area contributed by atoms with Gasteiger partial charge in [-0.15, -0.1) is 0 Å². The molecule has 1 unspecified atom stereocenters. The van der Waals surface area contributed by atoms with E-state index in [9.17, 15) is 10.2 Å². The SMILES string of the molecule is OCC(COc1cccc(O)c1)c1ccc(Cl)o1. The summed E-state index contributed by atoms with van der Waals surface area (Å²) < 4.78 is 10.7. The number of ether oxygens (including phenoxy) is 1. The molecule has 0 aliphatic carbocycles. The van der Waals surface area contributed by atoms with Gasteiger partial charge in [-0.3, -0.25) is 0 Å². The number of aliphatic hydroxyl groups excluding tert-OH is 1. The third kappa shape index (κ3) is 3.18. The topological polar surface area (TPSA) is 62.8 Å². The van der Waals surface area contributed by atoms with Crippen LogP contribution in [0, 0.1) is 0 Å². The first-order chi connectivity index (χ1) is 8.69. The maximum atomic E-state index is 9.29. The van der Waals surface area contributed by atoms with E-state index in [1.165, 1.54) is 6.07 Å². The summed E-state index contributed by atoms with van der Waals surface area (Å²) in [5.74, 6) is 0.947. The number of benzene rings is 1. The Morgan fingerprint density at radius 1 is 1.28 bits per heavy atom. The number of aromatic hydroxyl groups is 1. The number of hydrogen-bond donors (Lipinski definition) is 2. The van der Waals surface area contributed by atoms with Gasteiger partial charge in [0.1, 0.15) is 23.9 Å². The Kier molecular flexibility index (Phi) is 4.12. The van der Waals surface area contributed by atoms with Crippen LogP contribution in [-0.4, -0.2) is 23.4 Å². The third-order valence-corrected chi connectivity index (χ3v) is 2.69. The second-order valence-corrected chi connectivity index (χ2v) is 4.20. The largest absolute Gasteiger partial charge is 0.508 e. The molecule has 18 heavy (non-hydrogen) atoms. The molecule has 0 bridgehead atoms.